The molecule has 17 nitrogen and oxygen atoms in total. The number of esters is 2. The van der Waals surface area contributed by atoms with Gasteiger partial charge in [0.05, 0.1) is 12.7 Å². The second-order valence-electron chi connectivity index (χ2n) is 16.7. The Kier molecular flexibility index (Phi) is 37.1. The van der Waals surface area contributed by atoms with E-state index in [2.05, 4.69) is 54.8 Å². The number of rotatable bonds is 39. The van der Waals surface area contributed by atoms with E-state index in [1.807, 2.05) is 60.8 Å². The molecular formula is C51H82O17P2. The van der Waals surface area contributed by atoms with E-state index in [9.17, 15) is 58.9 Å². The number of aliphatic hydroxyl groups is 5. The average molecular weight is 1030 g/mol. The molecule has 398 valence electrons. The van der Waals surface area contributed by atoms with Crippen molar-refractivity contribution in [3.63, 3.8) is 0 Å². The lowest BCUT2D eigenvalue weighted by atomic mass is 9.85. The van der Waals surface area contributed by atoms with E-state index in [1.54, 1.807) is 12.2 Å². The zero-order valence-corrected chi connectivity index (χ0v) is 42.8. The summed E-state index contributed by atoms with van der Waals surface area (Å²) in [6, 6.07) is 0. The number of aliphatic hydroxyl groups excluding tert-OH is 5. The number of ether oxygens (including phenoxy) is 2. The fourth-order valence-corrected chi connectivity index (χ4v) is 8.12. The quantitative estimate of drug-likeness (QED) is 0.00940. The van der Waals surface area contributed by atoms with Crippen molar-refractivity contribution >= 4 is 27.6 Å². The maximum absolute atomic E-state index is 13.0. The first-order chi connectivity index (χ1) is 33.5. The van der Waals surface area contributed by atoms with Gasteiger partial charge in [0.25, 0.3) is 0 Å². The highest BCUT2D eigenvalue weighted by molar-refractivity contribution is 7.47. The van der Waals surface area contributed by atoms with E-state index in [4.69, 9.17) is 18.5 Å². The molecule has 0 aromatic carbocycles. The molecule has 0 aromatic rings. The normalized spacial score (nSPS) is 22.4. The summed E-state index contributed by atoms with van der Waals surface area (Å²) in [6.07, 6.45) is 35.2. The summed E-state index contributed by atoms with van der Waals surface area (Å²) in [5.41, 5.74) is 0. The summed E-state index contributed by atoms with van der Waals surface area (Å²) in [6.45, 7) is 2.84. The lowest BCUT2D eigenvalue weighted by molar-refractivity contribution is -0.216. The van der Waals surface area contributed by atoms with Crippen molar-refractivity contribution in [3.8, 4) is 0 Å². The van der Waals surface area contributed by atoms with Gasteiger partial charge >= 0.3 is 27.6 Å². The van der Waals surface area contributed by atoms with Crippen molar-refractivity contribution in [2.45, 2.75) is 185 Å². The van der Waals surface area contributed by atoms with Gasteiger partial charge in [-0.3, -0.25) is 23.2 Å². The fourth-order valence-electron chi connectivity index (χ4n) is 6.58. The Morgan fingerprint density at radius 1 is 0.529 bits per heavy atom. The molecule has 5 unspecified atom stereocenters. The maximum atomic E-state index is 13.0. The van der Waals surface area contributed by atoms with Gasteiger partial charge in [-0.1, -0.05) is 155 Å². The molecule has 0 aliphatic heterocycles. The number of hydrogen-bond donors (Lipinski definition) is 8. The Morgan fingerprint density at radius 3 is 1.56 bits per heavy atom. The van der Waals surface area contributed by atoms with Gasteiger partial charge in [0.1, 0.15) is 43.2 Å². The third-order valence-electron chi connectivity index (χ3n) is 10.4. The van der Waals surface area contributed by atoms with Crippen molar-refractivity contribution in [2.24, 2.45) is 0 Å². The zero-order chi connectivity index (χ0) is 51.9. The van der Waals surface area contributed by atoms with E-state index in [0.29, 0.717) is 25.7 Å². The minimum atomic E-state index is -5.39. The van der Waals surface area contributed by atoms with Crippen molar-refractivity contribution in [2.75, 3.05) is 13.2 Å². The number of carbonyl (C=O) groups is 2. The van der Waals surface area contributed by atoms with Crippen LogP contribution >= 0.6 is 15.6 Å². The Morgan fingerprint density at radius 2 is 1.01 bits per heavy atom. The molecule has 0 amide bonds. The summed E-state index contributed by atoms with van der Waals surface area (Å²) >= 11 is 0. The summed E-state index contributed by atoms with van der Waals surface area (Å²) in [5.74, 6) is -1.41. The number of unbranched alkanes of at least 4 members (excludes halogenated alkanes) is 6. The first-order valence-electron chi connectivity index (χ1n) is 24.5. The van der Waals surface area contributed by atoms with Crippen LogP contribution in [0, 0.1) is 0 Å². The molecule has 1 rings (SSSR count). The van der Waals surface area contributed by atoms with Crippen molar-refractivity contribution < 1.29 is 82.0 Å². The highest BCUT2D eigenvalue weighted by Crippen LogP contribution is 2.49. The first kappa shape index (κ1) is 64.6. The molecule has 8 N–H and O–H groups in total. The largest absolute Gasteiger partial charge is 0.472 e. The fraction of sp³-hybridized carbons (Fsp3) is 0.608. The summed E-state index contributed by atoms with van der Waals surface area (Å²) in [5, 5.41) is 51.2. The van der Waals surface area contributed by atoms with Gasteiger partial charge in [0, 0.05) is 12.8 Å². The SMILES string of the molecule is CCCCC/C=C\C/C=C\C/C=C\C/C=C\C/C=C\CCC(=O)O[C@H](COC(=O)CCC/C=C\C/C=C\C/C=C\C=C\[C@H](O)CCCCC)COP(=O)(O)O[C@H]1C(O)C(O)C(O)[C@@H](OP(=O)(O)O)C1O. The second-order valence-corrected chi connectivity index (χ2v) is 19.3. The molecule has 9 atom stereocenters. The summed E-state index contributed by atoms with van der Waals surface area (Å²) in [4.78, 5) is 54.3. The minimum Gasteiger partial charge on any atom is -0.462 e. The Bertz CT molecular complexity index is 1780. The molecule has 70 heavy (non-hydrogen) atoms. The third-order valence-corrected chi connectivity index (χ3v) is 11.9. The van der Waals surface area contributed by atoms with Crippen LogP contribution < -0.4 is 0 Å². The van der Waals surface area contributed by atoms with Crippen molar-refractivity contribution in [3.05, 3.63) is 109 Å². The molecule has 1 aliphatic rings. The Labute approximate surface area is 415 Å². The number of allylic oxidation sites excluding steroid dienone is 17. The molecule has 1 fully saturated rings. The van der Waals surface area contributed by atoms with Crippen molar-refractivity contribution in [1.29, 1.82) is 0 Å². The Hall–Kier alpha value is -3.38. The van der Waals surface area contributed by atoms with E-state index in [0.717, 1.165) is 57.8 Å². The second kappa shape index (κ2) is 40.1. The molecule has 0 heterocycles. The van der Waals surface area contributed by atoms with E-state index in [-0.39, 0.29) is 19.3 Å². The number of hydrogen-bond acceptors (Lipinski definition) is 14. The first-order valence-corrected chi connectivity index (χ1v) is 27.6. The molecule has 0 aromatic heterocycles. The predicted octanol–water partition coefficient (Wildman–Crippen LogP) is 8.70. The maximum Gasteiger partial charge on any atom is 0.472 e. The van der Waals surface area contributed by atoms with E-state index >= 15 is 0 Å². The van der Waals surface area contributed by atoms with Crippen molar-refractivity contribution in [1.82, 2.24) is 0 Å². The van der Waals surface area contributed by atoms with Gasteiger partial charge in [0.15, 0.2) is 6.10 Å². The lowest BCUT2D eigenvalue weighted by Crippen LogP contribution is -2.64. The molecule has 0 spiro atoms. The smallest absolute Gasteiger partial charge is 0.462 e. The number of phosphoric acid groups is 2. The van der Waals surface area contributed by atoms with Crippen LogP contribution in [0.25, 0.3) is 0 Å². The molecule has 19 heteroatoms. The zero-order valence-electron chi connectivity index (χ0n) is 41.0. The molecule has 0 bridgehead atoms. The van der Waals surface area contributed by atoms with Crippen LogP contribution in [-0.4, -0.2) is 114 Å². The molecule has 1 aliphatic carbocycles. The van der Waals surface area contributed by atoms with Crippen LogP contribution in [0.15, 0.2) is 109 Å². The van der Waals surface area contributed by atoms with Crippen LogP contribution in [0.2, 0.25) is 0 Å². The van der Waals surface area contributed by atoms with Crippen LogP contribution in [0.3, 0.4) is 0 Å². The van der Waals surface area contributed by atoms with Gasteiger partial charge in [-0.05, 0) is 77.0 Å². The van der Waals surface area contributed by atoms with Crippen LogP contribution in [0.1, 0.15) is 136 Å². The molecule has 1 saturated carbocycles. The highest BCUT2D eigenvalue weighted by atomic mass is 31.2. The lowest BCUT2D eigenvalue weighted by Gasteiger charge is -2.43. The van der Waals surface area contributed by atoms with E-state index < -0.39 is 89.6 Å². The van der Waals surface area contributed by atoms with Gasteiger partial charge in [-0.15, -0.1) is 0 Å². The van der Waals surface area contributed by atoms with Gasteiger partial charge in [0.2, 0.25) is 0 Å². The summed E-state index contributed by atoms with van der Waals surface area (Å²) in [7, 11) is -10.7. The highest BCUT2D eigenvalue weighted by Gasteiger charge is 2.54. The van der Waals surface area contributed by atoms with Gasteiger partial charge in [-0.2, -0.15) is 0 Å². The molecular weight excluding hydrogens is 946 g/mol. The van der Waals surface area contributed by atoms with Gasteiger partial charge < -0.3 is 49.7 Å². The molecule has 0 radical (unpaired) electrons. The number of phosphoric ester groups is 2. The minimum absolute atomic E-state index is 0.00262. The standard InChI is InChI=1S/C51H82O17P2/c1-3-5-7-8-9-10-11-12-13-14-15-16-17-18-21-25-28-31-35-39-45(54)66-43(41-65-70(62,63)68-51-48(57)46(55)47(56)50(49(51)58)67-69(59,60)61)40-64-44(53)38-34-30-27-24-22-19-20-23-26-29-33-37-42(52)36-32-6-4-2/h9-10,12-13,15-16,18-21,24,26-29,31,33,37,42-43,46-52,55-58H,3-8,11,14,17,22-23,25,30,32,34-36,38-41H2,1-2H3,(H,62,63)(H2,59,60,61)/b10-9-,13-12-,16-15-,20-19-,21-18-,27-24-,29-26-,31-28-,37-33+/t42-,43-,46?,47?,48?,49?,50-,51+/m1/s1. The summed E-state index contributed by atoms with van der Waals surface area (Å²) < 4.78 is 49.2. The monoisotopic (exact) mass is 1030 g/mol. The third kappa shape index (κ3) is 34.1. The van der Waals surface area contributed by atoms with Crippen LogP contribution in [0.4, 0.5) is 0 Å². The Balaban J connectivity index is 2.70. The van der Waals surface area contributed by atoms with Crippen LogP contribution in [0.5, 0.6) is 0 Å². The van der Waals surface area contributed by atoms with Gasteiger partial charge in [-0.25, -0.2) is 9.13 Å². The molecule has 0 saturated heterocycles. The topological polar surface area (TPSA) is 276 Å². The van der Waals surface area contributed by atoms with Crippen LogP contribution in [-0.2, 0) is 41.8 Å². The number of carbonyl (C=O) groups excluding carboxylic acids is 2. The average Bonchev–Trinajstić information content (AvgIpc) is 3.31. The van der Waals surface area contributed by atoms with E-state index in [1.165, 1.54) is 19.3 Å². The predicted molar refractivity (Wildman–Crippen MR) is 270 cm³/mol.